The summed E-state index contributed by atoms with van der Waals surface area (Å²) < 4.78 is 8.69. The van der Waals surface area contributed by atoms with Gasteiger partial charge in [-0.3, -0.25) is 0 Å². The van der Waals surface area contributed by atoms with Crippen LogP contribution in [0.4, 0.5) is 0 Å². The van der Waals surface area contributed by atoms with Crippen LogP contribution in [-0.4, -0.2) is 78.6 Å². The molecule has 0 bridgehead atoms. The number of benzene rings is 2. The first-order valence-corrected chi connectivity index (χ1v) is 16.2. The lowest BCUT2D eigenvalue weighted by Gasteiger charge is -2.11. The van der Waals surface area contributed by atoms with Gasteiger partial charge in [0.25, 0.3) is 0 Å². The highest BCUT2D eigenvalue weighted by molar-refractivity contribution is 7.80. The minimum atomic E-state index is -0.409. The zero-order chi connectivity index (χ0) is 36.5. The number of thiocarbonyl (C=S) groups is 1. The van der Waals surface area contributed by atoms with Gasteiger partial charge < -0.3 is 29.3 Å². The van der Waals surface area contributed by atoms with E-state index >= 15 is 0 Å². The summed E-state index contributed by atoms with van der Waals surface area (Å²) >= 11 is 4.94. The van der Waals surface area contributed by atoms with Crippen LogP contribution < -0.4 is 5.73 Å². The van der Waals surface area contributed by atoms with E-state index in [1.807, 2.05) is 59.6 Å². The van der Waals surface area contributed by atoms with Crippen molar-refractivity contribution in [2.24, 2.45) is 24.9 Å². The van der Waals surface area contributed by atoms with Gasteiger partial charge in [0.2, 0.25) is 13.1 Å². The Morgan fingerprint density at radius 2 is 1.43 bits per heavy atom. The highest BCUT2D eigenvalue weighted by Gasteiger charge is 2.17. The molecule has 14 heteroatoms. The normalized spacial score (nSPS) is 10.8. The molecule has 0 saturated carbocycles. The van der Waals surface area contributed by atoms with Gasteiger partial charge in [-0.25, -0.2) is 42.9 Å². The summed E-state index contributed by atoms with van der Waals surface area (Å²) in [6.45, 7) is 14.8. The average Bonchev–Trinajstić information content (AvgIpc) is 3.78. The molecule has 6 rings (SSSR count). The van der Waals surface area contributed by atoms with Crippen LogP contribution in [0.5, 0.6) is 0 Å². The zero-order valence-corrected chi connectivity index (χ0v) is 29.4. The summed E-state index contributed by atoms with van der Waals surface area (Å²) in [6.07, 6.45) is 9.98. The Morgan fingerprint density at radius 1 is 0.902 bits per heavy atom. The lowest BCUT2D eigenvalue weighted by atomic mass is 10.0. The molecule has 0 saturated heterocycles. The van der Waals surface area contributed by atoms with E-state index in [-0.39, 0.29) is 5.11 Å². The number of hydrogen-bond acceptors (Lipinski definition) is 8. The van der Waals surface area contributed by atoms with Crippen LogP contribution in [0, 0.1) is 13.1 Å². The number of hydrogen-bond donors (Lipinski definition) is 1. The summed E-state index contributed by atoms with van der Waals surface area (Å²) in [5, 5.41) is 7.65. The quantitative estimate of drug-likeness (QED) is 0.0684. The van der Waals surface area contributed by atoms with Gasteiger partial charge in [-0.15, -0.1) is 0 Å². The molecule has 51 heavy (non-hydrogen) atoms. The van der Waals surface area contributed by atoms with Gasteiger partial charge in [-0.05, 0) is 59.7 Å². The number of carbonyl (C=O) groups excluding carboxylic acids is 1. The predicted molar refractivity (Wildman–Crippen MR) is 202 cm³/mol. The zero-order valence-electron chi connectivity index (χ0n) is 28.6. The maximum Gasteiger partial charge on any atom is 0.338 e. The van der Waals surface area contributed by atoms with Crippen LogP contribution in [0.2, 0.25) is 0 Å². The van der Waals surface area contributed by atoms with Crippen molar-refractivity contribution in [1.29, 1.82) is 0 Å². The molecule has 0 amide bonds. The van der Waals surface area contributed by atoms with Gasteiger partial charge in [0.1, 0.15) is 0 Å². The van der Waals surface area contributed by atoms with Crippen LogP contribution >= 0.6 is 12.2 Å². The van der Waals surface area contributed by atoms with E-state index in [1.165, 1.54) is 12.1 Å². The monoisotopic (exact) mass is 697 g/mol. The molecule has 0 aliphatic heterocycles. The molecule has 0 radical (unpaired) electrons. The lowest BCUT2D eigenvalue weighted by molar-refractivity contribution is 0.0603. The number of nitrogens with zero attached hydrogens (tertiary/aromatic N) is 10. The Hall–Kier alpha value is -6.51. The first kappa shape index (κ1) is 35.8. The number of esters is 1. The Balaban J connectivity index is 0.000000199. The predicted octanol–water partition coefficient (Wildman–Crippen LogP) is 5.49. The van der Waals surface area contributed by atoms with Gasteiger partial charge in [0, 0.05) is 50.3 Å². The minimum Gasteiger partial charge on any atom is -0.465 e. The Morgan fingerprint density at radius 3 is 1.92 bits per heavy atom. The second-order valence-corrected chi connectivity index (χ2v) is 11.9. The van der Waals surface area contributed by atoms with Crippen molar-refractivity contribution in [1.82, 2.24) is 34.1 Å². The topological polar surface area (TPSA) is 138 Å². The van der Waals surface area contributed by atoms with Crippen molar-refractivity contribution in [3.8, 4) is 22.8 Å². The number of rotatable bonds is 9. The van der Waals surface area contributed by atoms with Crippen LogP contribution in [0.3, 0.4) is 0 Å². The third kappa shape index (κ3) is 8.39. The van der Waals surface area contributed by atoms with E-state index in [0.29, 0.717) is 42.7 Å². The van der Waals surface area contributed by atoms with Crippen LogP contribution in [-0.2, 0) is 31.7 Å². The fourth-order valence-corrected chi connectivity index (χ4v) is 5.36. The first-order chi connectivity index (χ1) is 24.6. The summed E-state index contributed by atoms with van der Waals surface area (Å²) in [5.41, 5.74) is 13.8. The first-order valence-electron chi connectivity index (χ1n) is 15.8. The molecule has 256 valence electrons. The molecular formula is C37H35N11O2S. The summed E-state index contributed by atoms with van der Waals surface area (Å²) in [6, 6.07) is 15.5. The van der Waals surface area contributed by atoms with Crippen molar-refractivity contribution in [3.05, 3.63) is 119 Å². The molecule has 13 nitrogen and oxygen atoms in total. The van der Waals surface area contributed by atoms with E-state index in [0.717, 1.165) is 50.1 Å². The Labute approximate surface area is 300 Å². The number of ether oxygens (including phenoxy) is 1. The van der Waals surface area contributed by atoms with Crippen molar-refractivity contribution in [2.45, 2.75) is 12.8 Å². The van der Waals surface area contributed by atoms with Gasteiger partial charge in [0.05, 0.1) is 77.7 Å². The highest BCUT2D eigenvalue weighted by atomic mass is 32.1. The van der Waals surface area contributed by atoms with E-state index < -0.39 is 5.97 Å². The average molecular weight is 698 g/mol. The molecule has 0 atom stereocenters. The van der Waals surface area contributed by atoms with Crippen molar-refractivity contribution in [3.63, 3.8) is 0 Å². The van der Waals surface area contributed by atoms with E-state index in [4.69, 9.17) is 40.8 Å². The number of aromatic nitrogens is 6. The van der Waals surface area contributed by atoms with E-state index in [9.17, 15) is 4.79 Å². The Bertz CT molecular complexity index is 2350. The SMILES string of the molecule is [C-]#[N+]CCc1ccc2nc(-c3cncn3C)cc(/C=N/N(C)C(N)=S)c2c1.[C-]#[N+]CCc1ccc2nc(-c3cncn3C)cc(C(=O)OC)c2c1. The summed E-state index contributed by atoms with van der Waals surface area (Å²) in [7, 11) is 6.86. The third-order valence-corrected chi connectivity index (χ3v) is 8.32. The van der Waals surface area contributed by atoms with Crippen LogP contribution in [0.1, 0.15) is 27.0 Å². The van der Waals surface area contributed by atoms with Gasteiger partial charge in [-0.1, -0.05) is 12.1 Å². The molecule has 0 aliphatic carbocycles. The molecule has 6 aromatic rings. The molecule has 4 heterocycles. The van der Waals surface area contributed by atoms with Crippen molar-refractivity contribution < 1.29 is 9.53 Å². The molecular weight excluding hydrogens is 663 g/mol. The van der Waals surface area contributed by atoms with Crippen LogP contribution in [0.15, 0.2) is 78.7 Å². The molecule has 0 unspecified atom stereocenters. The molecule has 0 spiro atoms. The molecule has 4 aromatic heterocycles. The van der Waals surface area contributed by atoms with Crippen molar-refractivity contribution >= 4 is 51.3 Å². The number of hydrazone groups is 1. The summed E-state index contributed by atoms with van der Waals surface area (Å²) in [5.74, 6) is -0.409. The van der Waals surface area contributed by atoms with E-state index in [2.05, 4.69) is 35.8 Å². The van der Waals surface area contributed by atoms with Gasteiger partial charge in [0.15, 0.2) is 5.11 Å². The second-order valence-electron chi connectivity index (χ2n) is 11.5. The molecule has 2 N–H and O–H groups in total. The molecule has 0 aliphatic rings. The van der Waals surface area contributed by atoms with Crippen LogP contribution in [0.25, 0.3) is 54.3 Å². The minimum absolute atomic E-state index is 0.189. The number of fused-ring (bicyclic) bond motifs is 2. The smallest absolute Gasteiger partial charge is 0.338 e. The highest BCUT2D eigenvalue weighted by Crippen LogP contribution is 2.27. The summed E-state index contributed by atoms with van der Waals surface area (Å²) in [4.78, 5) is 36.7. The number of aryl methyl sites for hydroxylation is 2. The standard InChI is InChI=1S/C19H19N7S.C18H16N4O2/c1-21-7-6-13-4-5-16-15(8-13)14(10-23-26(3)19(20)27)9-17(24-16)18-11-22-12-25(18)2;1-19-7-6-12-4-5-15-13(8-12)14(18(23)24-3)9-16(21-15)17-10-20-11-22(17)2/h4-5,8-12H,6-7H2,2-3H3,(H2,20,27);4-5,8-11H,6-7H2,2-3H3/b23-10+;. The van der Waals surface area contributed by atoms with Gasteiger partial charge >= 0.3 is 5.97 Å². The number of nitrogens with two attached hydrogens (primary N) is 1. The number of pyridine rings is 2. The maximum atomic E-state index is 12.2. The number of imidazole rings is 2. The van der Waals surface area contributed by atoms with Gasteiger partial charge in [-0.2, -0.15) is 5.10 Å². The fourth-order valence-electron chi connectivity index (χ4n) is 5.31. The molecule has 2 aromatic carbocycles. The number of carbonyl (C=O) groups is 1. The fraction of sp³-hybridized carbons (Fsp3) is 0.216. The molecule has 0 fully saturated rings. The Kier molecular flexibility index (Phi) is 11.4. The third-order valence-electron chi connectivity index (χ3n) is 8.06. The largest absolute Gasteiger partial charge is 0.465 e. The number of methoxy groups -OCH3 is 1. The maximum absolute atomic E-state index is 12.2. The lowest BCUT2D eigenvalue weighted by Crippen LogP contribution is -2.27. The van der Waals surface area contributed by atoms with Crippen molar-refractivity contribution in [2.75, 3.05) is 27.2 Å². The van der Waals surface area contributed by atoms with E-state index in [1.54, 1.807) is 44.4 Å². The second kappa shape index (κ2) is 16.3.